The van der Waals surface area contributed by atoms with Crippen LogP contribution in [0, 0.1) is 0 Å². The van der Waals surface area contributed by atoms with E-state index < -0.39 is 23.8 Å². The Bertz CT molecular complexity index is 823. The third-order valence-electron chi connectivity index (χ3n) is 4.38. The maximum absolute atomic E-state index is 12.3. The maximum atomic E-state index is 12.3. The highest BCUT2D eigenvalue weighted by Gasteiger charge is 2.25. The number of carbonyl (C=O) groups excluding carboxylic acids is 1. The molecule has 0 bridgehead atoms. The lowest BCUT2D eigenvalue weighted by atomic mass is 10.0. The number of aliphatic hydroxyl groups is 1. The minimum absolute atomic E-state index is 0.280. The fourth-order valence-corrected chi connectivity index (χ4v) is 3.15. The Kier molecular flexibility index (Phi) is 8.96. The van der Waals surface area contributed by atoms with Crippen LogP contribution < -0.4 is 15.4 Å². The fourth-order valence-electron chi connectivity index (χ4n) is 2.93. The second-order valence-electron chi connectivity index (χ2n) is 8.10. The van der Waals surface area contributed by atoms with Crippen molar-refractivity contribution in [1.82, 2.24) is 10.6 Å². The summed E-state index contributed by atoms with van der Waals surface area (Å²) in [6.45, 7) is 6.22. The third kappa shape index (κ3) is 8.22. The molecule has 0 aliphatic carbocycles. The van der Waals surface area contributed by atoms with Crippen LogP contribution in [-0.4, -0.2) is 42.6 Å². The van der Waals surface area contributed by atoms with Crippen LogP contribution in [0.4, 0.5) is 4.79 Å². The van der Waals surface area contributed by atoms with Crippen molar-refractivity contribution < 1.29 is 19.4 Å². The first-order chi connectivity index (χ1) is 14.2. The number of rotatable bonds is 9. The standard InChI is InChI=1S/C23H31ClN2O4/c1-23(2,3)30-22(28)26-20(13-17-9-5-6-11-19(17)24)21(27)15-25-14-16-8-7-10-18(12-16)29-4/h5-12,20-21,25,27H,13-15H2,1-4H3,(H,26,28)/t20-,21-/m0/s1. The van der Waals surface area contributed by atoms with E-state index in [4.69, 9.17) is 21.1 Å². The second-order valence-corrected chi connectivity index (χ2v) is 8.51. The van der Waals surface area contributed by atoms with Crippen molar-refractivity contribution in [2.75, 3.05) is 13.7 Å². The maximum Gasteiger partial charge on any atom is 0.407 e. The van der Waals surface area contributed by atoms with E-state index in [0.29, 0.717) is 18.0 Å². The van der Waals surface area contributed by atoms with E-state index in [9.17, 15) is 9.90 Å². The van der Waals surface area contributed by atoms with Gasteiger partial charge >= 0.3 is 6.09 Å². The van der Waals surface area contributed by atoms with Crippen LogP contribution in [0.1, 0.15) is 31.9 Å². The third-order valence-corrected chi connectivity index (χ3v) is 4.75. The van der Waals surface area contributed by atoms with E-state index in [1.54, 1.807) is 33.9 Å². The number of nitrogens with one attached hydrogen (secondary N) is 2. The zero-order valence-electron chi connectivity index (χ0n) is 17.9. The Balaban J connectivity index is 2.02. The first-order valence-corrected chi connectivity index (χ1v) is 10.3. The molecular weight excluding hydrogens is 404 g/mol. The van der Waals surface area contributed by atoms with E-state index in [2.05, 4.69) is 10.6 Å². The Hall–Kier alpha value is -2.28. The largest absolute Gasteiger partial charge is 0.497 e. The molecule has 0 saturated heterocycles. The van der Waals surface area contributed by atoms with Crippen molar-refractivity contribution in [1.29, 1.82) is 0 Å². The number of alkyl carbamates (subject to hydrolysis) is 1. The summed E-state index contributed by atoms with van der Waals surface area (Å²) in [5.74, 6) is 0.776. The minimum Gasteiger partial charge on any atom is -0.497 e. The summed E-state index contributed by atoms with van der Waals surface area (Å²) in [7, 11) is 1.62. The van der Waals surface area contributed by atoms with Gasteiger partial charge in [0.05, 0.1) is 19.3 Å². The number of methoxy groups -OCH3 is 1. The number of ether oxygens (including phenoxy) is 2. The average Bonchev–Trinajstić information content (AvgIpc) is 2.67. The van der Waals surface area contributed by atoms with Gasteiger partial charge in [-0.05, 0) is 56.5 Å². The van der Waals surface area contributed by atoms with E-state index in [1.165, 1.54) is 0 Å². The molecule has 164 valence electrons. The predicted octanol–water partition coefficient (Wildman–Crippen LogP) is 3.94. The molecule has 0 aliphatic rings. The number of hydrogen-bond acceptors (Lipinski definition) is 5. The van der Waals surface area contributed by atoms with Crippen molar-refractivity contribution in [2.24, 2.45) is 0 Å². The molecule has 2 aromatic rings. The molecule has 0 heterocycles. The van der Waals surface area contributed by atoms with E-state index in [0.717, 1.165) is 16.9 Å². The smallest absolute Gasteiger partial charge is 0.407 e. The topological polar surface area (TPSA) is 79.8 Å². The molecule has 0 unspecified atom stereocenters. The number of aliphatic hydroxyl groups excluding tert-OH is 1. The highest BCUT2D eigenvalue weighted by Crippen LogP contribution is 2.18. The summed E-state index contributed by atoms with van der Waals surface area (Å²) < 4.78 is 10.6. The number of halogens is 1. The molecule has 0 saturated carbocycles. The summed E-state index contributed by atoms with van der Waals surface area (Å²) in [4.78, 5) is 12.3. The predicted molar refractivity (Wildman–Crippen MR) is 119 cm³/mol. The van der Waals surface area contributed by atoms with E-state index >= 15 is 0 Å². The first-order valence-electron chi connectivity index (χ1n) is 9.92. The summed E-state index contributed by atoms with van der Waals surface area (Å²) in [5, 5.41) is 17.4. The Labute approximate surface area is 183 Å². The zero-order chi connectivity index (χ0) is 22.1. The van der Waals surface area contributed by atoms with Crippen LogP contribution >= 0.6 is 11.6 Å². The molecule has 30 heavy (non-hydrogen) atoms. The lowest BCUT2D eigenvalue weighted by Crippen LogP contribution is -2.49. The highest BCUT2D eigenvalue weighted by molar-refractivity contribution is 6.31. The van der Waals surface area contributed by atoms with Crippen molar-refractivity contribution in [3.8, 4) is 5.75 Å². The van der Waals surface area contributed by atoms with Gasteiger partial charge in [0.15, 0.2) is 0 Å². The molecular formula is C23H31ClN2O4. The van der Waals surface area contributed by atoms with Crippen LogP contribution in [0.5, 0.6) is 5.75 Å². The Morgan fingerprint density at radius 3 is 2.57 bits per heavy atom. The van der Waals surface area contributed by atoms with Crippen molar-refractivity contribution in [3.05, 3.63) is 64.7 Å². The zero-order valence-corrected chi connectivity index (χ0v) is 18.7. The molecule has 0 aromatic heterocycles. The van der Waals surface area contributed by atoms with Crippen molar-refractivity contribution in [2.45, 2.75) is 51.5 Å². The number of benzene rings is 2. The molecule has 0 spiro atoms. The van der Waals surface area contributed by atoms with Crippen LogP contribution in [-0.2, 0) is 17.7 Å². The van der Waals surface area contributed by atoms with Gasteiger partial charge in [0.25, 0.3) is 0 Å². The molecule has 1 amide bonds. The minimum atomic E-state index is -0.848. The summed E-state index contributed by atoms with van der Waals surface area (Å²) in [6.07, 6.45) is -1.05. The second kappa shape index (κ2) is 11.2. The summed E-state index contributed by atoms with van der Waals surface area (Å²) in [6, 6.07) is 14.5. The van der Waals surface area contributed by atoms with Gasteiger partial charge in [0.1, 0.15) is 11.4 Å². The Morgan fingerprint density at radius 1 is 1.17 bits per heavy atom. The van der Waals surface area contributed by atoms with E-state index in [1.807, 2.05) is 42.5 Å². The van der Waals surface area contributed by atoms with Crippen molar-refractivity contribution in [3.63, 3.8) is 0 Å². The number of amides is 1. The normalized spacial score (nSPS) is 13.4. The van der Waals surface area contributed by atoms with Gasteiger partial charge in [-0.25, -0.2) is 4.79 Å². The molecule has 6 nitrogen and oxygen atoms in total. The monoisotopic (exact) mass is 434 g/mol. The van der Waals surface area contributed by atoms with Gasteiger partial charge < -0.3 is 25.2 Å². The van der Waals surface area contributed by atoms with Crippen LogP contribution in [0.25, 0.3) is 0 Å². The van der Waals surface area contributed by atoms with Crippen LogP contribution in [0.15, 0.2) is 48.5 Å². The molecule has 0 aliphatic heterocycles. The first kappa shape index (κ1) is 24.0. The Morgan fingerprint density at radius 2 is 1.90 bits per heavy atom. The quantitative estimate of drug-likeness (QED) is 0.557. The van der Waals surface area contributed by atoms with Gasteiger partial charge in [-0.3, -0.25) is 0 Å². The molecule has 3 N–H and O–H groups in total. The van der Waals surface area contributed by atoms with Crippen molar-refractivity contribution >= 4 is 17.7 Å². The van der Waals surface area contributed by atoms with Gasteiger partial charge in [0, 0.05) is 18.1 Å². The average molecular weight is 435 g/mol. The molecule has 2 atom stereocenters. The van der Waals surface area contributed by atoms with E-state index in [-0.39, 0.29) is 6.54 Å². The summed E-state index contributed by atoms with van der Waals surface area (Å²) >= 11 is 6.28. The summed E-state index contributed by atoms with van der Waals surface area (Å²) in [5.41, 5.74) is 1.24. The molecule has 0 fully saturated rings. The van der Waals surface area contributed by atoms with Crippen LogP contribution in [0.3, 0.4) is 0 Å². The molecule has 2 aromatic carbocycles. The highest BCUT2D eigenvalue weighted by atomic mass is 35.5. The van der Waals surface area contributed by atoms with Gasteiger partial charge in [0.2, 0.25) is 0 Å². The molecule has 2 rings (SSSR count). The van der Waals surface area contributed by atoms with Gasteiger partial charge in [-0.15, -0.1) is 0 Å². The number of hydrogen-bond donors (Lipinski definition) is 3. The molecule has 0 radical (unpaired) electrons. The SMILES string of the molecule is COc1cccc(CNC[C@H](O)[C@H](Cc2ccccc2Cl)NC(=O)OC(C)(C)C)c1. The number of carbonyl (C=O) groups is 1. The van der Waals surface area contributed by atoms with Gasteiger partial charge in [-0.2, -0.15) is 0 Å². The lowest BCUT2D eigenvalue weighted by molar-refractivity contribution is 0.0422. The fraction of sp³-hybridized carbons (Fsp3) is 0.435. The lowest BCUT2D eigenvalue weighted by Gasteiger charge is -2.27. The molecule has 7 heteroatoms. The van der Waals surface area contributed by atoms with Gasteiger partial charge in [-0.1, -0.05) is 41.9 Å². The van der Waals surface area contributed by atoms with Crippen LogP contribution in [0.2, 0.25) is 5.02 Å².